The lowest BCUT2D eigenvalue weighted by atomic mass is 9.95. The van der Waals surface area contributed by atoms with E-state index in [0.29, 0.717) is 21.8 Å². The first-order chi connectivity index (χ1) is 13.5. The molecule has 0 amide bonds. The number of halogens is 1. The SMILES string of the molecule is N#Cc1c(N)cc(/C(=N\Nc2ccccc2)C(=O)O)cc1-c1ccc(Cl)cc1. The van der Waals surface area contributed by atoms with Gasteiger partial charge in [0, 0.05) is 16.1 Å². The average molecular weight is 391 g/mol. The third-order valence-corrected chi connectivity index (χ3v) is 4.23. The maximum absolute atomic E-state index is 11.8. The molecule has 3 aromatic rings. The van der Waals surface area contributed by atoms with Crippen molar-refractivity contribution >= 4 is 34.7 Å². The van der Waals surface area contributed by atoms with Gasteiger partial charge >= 0.3 is 5.97 Å². The molecule has 0 aliphatic carbocycles. The van der Waals surface area contributed by atoms with E-state index in [-0.39, 0.29) is 22.5 Å². The van der Waals surface area contributed by atoms with Gasteiger partial charge in [-0.25, -0.2) is 4.79 Å². The van der Waals surface area contributed by atoms with Crippen molar-refractivity contribution in [3.8, 4) is 17.2 Å². The molecule has 0 saturated carbocycles. The molecule has 138 valence electrons. The summed E-state index contributed by atoms with van der Waals surface area (Å²) in [6, 6.07) is 20.9. The van der Waals surface area contributed by atoms with Gasteiger partial charge in [-0.1, -0.05) is 41.9 Å². The van der Waals surface area contributed by atoms with Gasteiger partial charge in [-0.3, -0.25) is 5.43 Å². The van der Waals surface area contributed by atoms with Crippen LogP contribution in [0, 0.1) is 11.3 Å². The van der Waals surface area contributed by atoms with Gasteiger partial charge in [-0.05, 0) is 42.0 Å². The van der Waals surface area contributed by atoms with Crippen molar-refractivity contribution in [1.82, 2.24) is 0 Å². The van der Waals surface area contributed by atoms with E-state index >= 15 is 0 Å². The predicted molar refractivity (Wildman–Crippen MR) is 110 cm³/mol. The minimum absolute atomic E-state index is 0.165. The fourth-order valence-corrected chi connectivity index (χ4v) is 2.78. The molecule has 0 heterocycles. The zero-order valence-electron chi connectivity index (χ0n) is 14.6. The maximum atomic E-state index is 11.8. The Bertz CT molecular complexity index is 1090. The van der Waals surface area contributed by atoms with Crippen LogP contribution >= 0.6 is 11.6 Å². The highest BCUT2D eigenvalue weighted by Crippen LogP contribution is 2.30. The molecule has 0 fully saturated rings. The van der Waals surface area contributed by atoms with Crippen LogP contribution in [0.4, 0.5) is 11.4 Å². The number of nitrogens with one attached hydrogen (secondary N) is 1. The number of nitrogens with zero attached hydrogens (tertiary/aromatic N) is 2. The van der Waals surface area contributed by atoms with Crippen LogP contribution in [0.15, 0.2) is 71.8 Å². The van der Waals surface area contributed by atoms with Crippen LogP contribution in [0.25, 0.3) is 11.1 Å². The zero-order valence-corrected chi connectivity index (χ0v) is 15.3. The number of para-hydroxylation sites is 1. The molecule has 3 aromatic carbocycles. The molecule has 0 radical (unpaired) electrons. The summed E-state index contributed by atoms with van der Waals surface area (Å²) >= 11 is 5.93. The smallest absolute Gasteiger partial charge is 0.356 e. The van der Waals surface area contributed by atoms with Gasteiger partial charge in [0.15, 0.2) is 5.71 Å². The number of carboxylic acid groups (broad SMARTS) is 1. The highest BCUT2D eigenvalue weighted by Gasteiger charge is 2.18. The Morgan fingerprint density at radius 2 is 1.79 bits per heavy atom. The van der Waals surface area contributed by atoms with E-state index < -0.39 is 5.97 Å². The lowest BCUT2D eigenvalue weighted by Gasteiger charge is -2.11. The number of hydrazone groups is 1. The number of carbonyl (C=O) groups is 1. The summed E-state index contributed by atoms with van der Waals surface area (Å²) in [6.45, 7) is 0. The van der Waals surface area contributed by atoms with Gasteiger partial charge in [-0.15, -0.1) is 0 Å². The Morgan fingerprint density at radius 1 is 1.11 bits per heavy atom. The molecule has 7 heteroatoms. The molecule has 0 aliphatic rings. The van der Waals surface area contributed by atoms with E-state index in [1.54, 1.807) is 54.6 Å². The first-order valence-corrected chi connectivity index (χ1v) is 8.59. The van der Waals surface area contributed by atoms with Gasteiger partial charge in [0.25, 0.3) is 0 Å². The Hall–Kier alpha value is -3.82. The number of hydrogen-bond acceptors (Lipinski definition) is 5. The molecule has 4 N–H and O–H groups in total. The molecule has 0 spiro atoms. The van der Waals surface area contributed by atoms with Crippen molar-refractivity contribution in [2.45, 2.75) is 0 Å². The van der Waals surface area contributed by atoms with Gasteiger partial charge in [0.05, 0.1) is 16.9 Å². The standard InChI is InChI=1S/C21H15ClN4O2/c22-15-8-6-13(7-9-15)17-10-14(11-19(24)18(17)12-23)20(21(27)28)26-25-16-4-2-1-3-5-16/h1-11,25H,24H2,(H,27,28)/b26-20+. The molecular weight excluding hydrogens is 376 g/mol. The summed E-state index contributed by atoms with van der Waals surface area (Å²) in [5, 5.41) is 23.7. The van der Waals surface area contributed by atoms with Crippen molar-refractivity contribution in [2.75, 3.05) is 11.2 Å². The summed E-state index contributed by atoms with van der Waals surface area (Å²) in [7, 11) is 0. The van der Waals surface area contributed by atoms with Crippen molar-refractivity contribution in [2.24, 2.45) is 5.10 Å². The molecule has 3 rings (SSSR count). The number of rotatable bonds is 5. The maximum Gasteiger partial charge on any atom is 0.356 e. The molecule has 0 atom stereocenters. The van der Waals surface area contributed by atoms with Crippen LogP contribution in [0.3, 0.4) is 0 Å². The second-order valence-electron chi connectivity index (χ2n) is 5.85. The summed E-state index contributed by atoms with van der Waals surface area (Å²) in [4.78, 5) is 11.8. The van der Waals surface area contributed by atoms with Crippen molar-refractivity contribution in [3.63, 3.8) is 0 Å². The minimum Gasteiger partial charge on any atom is -0.476 e. The van der Waals surface area contributed by atoms with Crippen LogP contribution < -0.4 is 11.2 Å². The molecule has 0 saturated heterocycles. The van der Waals surface area contributed by atoms with Gasteiger partial charge in [0.2, 0.25) is 0 Å². The van der Waals surface area contributed by atoms with E-state index in [4.69, 9.17) is 17.3 Å². The van der Waals surface area contributed by atoms with Gasteiger partial charge in [-0.2, -0.15) is 10.4 Å². The molecule has 28 heavy (non-hydrogen) atoms. The number of aliphatic carboxylic acids is 1. The second kappa shape index (κ2) is 8.25. The average Bonchev–Trinajstić information content (AvgIpc) is 2.69. The Morgan fingerprint density at radius 3 is 2.39 bits per heavy atom. The predicted octanol–water partition coefficient (Wildman–Crippen LogP) is 4.36. The Balaban J connectivity index is 2.10. The lowest BCUT2D eigenvalue weighted by molar-refractivity contribution is -0.129. The third-order valence-electron chi connectivity index (χ3n) is 3.98. The van der Waals surface area contributed by atoms with Gasteiger partial charge in [0.1, 0.15) is 6.07 Å². The van der Waals surface area contributed by atoms with E-state index in [2.05, 4.69) is 16.6 Å². The molecule has 6 nitrogen and oxygen atoms in total. The highest BCUT2D eigenvalue weighted by molar-refractivity contribution is 6.43. The minimum atomic E-state index is -1.23. The molecule has 0 aliphatic heterocycles. The quantitative estimate of drug-likeness (QED) is 0.340. The number of nitrogen functional groups attached to an aromatic ring is 1. The van der Waals surface area contributed by atoms with Crippen molar-refractivity contribution in [3.05, 3.63) is 82.9 Å². The van der Waals surface area contributed by atoms with Crippen LogP contribution in [0.2, 0.25) is 5.02 Å². The normalized spacial score (nSPS) is 10.9. The summed E-state index contributed by atoms with van der Waals surface area (Å²) in [5.41, 5.74) is 11.1. The molecule has 0 aromatic heterocycles. The van der Waals surface area contributed by atoms with E-state index in [1.165, 1.54) is 6.07 Å². The number of nitrogens with two attached hydrogens (primary N) is 1. The highest BCUT2D eigenvalue weighted by atomic mass is 35.5. The number of nitriles is 1. The van der Waals surface area contributed by atoms with Crippen LogP contribution in [0.5, 0.6) is 0 Å². The summed E-state index contributed by atoms with van der Waals surface area (Å²) in [5.74, 6) is -1.23. The van der Waals surface area contributed by atoms with E-state index in [0.717, 1.165) is 0 Å². The lowest BCUT2D eigenvalue weighted by Crippen LogP contribution is -2.17. The monoisotopic (exact) mass is 390 g/mol. The summed E-state index contributed by atoms with van der Waals surface area (Å²) < 4.78 is 0. The fourth-order valence-electron chi connectivity index (χ4n) is 2.65. The van der Waals surface area contributed by atoms with E-state index in [9.17, 15) is 15.2 Å². The molecule has 0 unspecified atom stereocenters. The van der Waals surface area contributed by atoms with Crippen molar-refractivity contribution < 1.29 is 9.90 Å². The van der Waals surface area contributed by atoms with E-state index in [1.807, 2.05) is 6.07 Å². The van der Waals surface area contributed by atoms with Crippen LogP contribution in [-0.2, 0) is 4.79 Å². The number of carboxylic acids is 1. The Labute approximate surface area is 166 Å². The molecule has 0 bridgehead atoms. The number of benzene rings is 3. The molecular formula is C21H15ClN4O2. The summed E-state index contributed by atoms with van der Waals surface area (Å²) in [6.07, 6.45) is 0. The van der Waals surface area contributed by atoms with Crippen molar-refractivity contribution in [1.29, 1.82) is 5.26 Å². The van der Waals surface area contributed by atoms with Gasteiger partial charge < -0.3 is 10.8 Å². The van der Waals surface area contributed by atoms with Crippen LogP contribution in [0.1, 0.15) is 11.1 Å². The topological polar surface area (TPSA) is 112 Å². The first-order valence-electron chi connectivity index (χ1n) is 8.21. The second-order valence-corrected chi connectivity index (χ2v) is 6.29. The first kappa shape index (κ1) is 19.0. The number of hydrogen-bond donors (Lipinski definition) is 3. The van der Waals surface area contributed by atoms with Crippen LogP contribution in [-0.4, -0.2) is 16.8 Å². The Kier molecular flexibility index (Phi) is 5.58. The fraction of sp³-hybridized carbons (Fsp3) is 0. The largest absolute Gasteiger partial charge is 0.476 e. The third kappa shape index (κ3) is 4.11. The number of anilines is 2. The zero-order chi connectivity index (χ0) is 20.1.